The molecule has 10 nitrogen and oxygen atoms in total. The minimum Gasteiger partial charge on any atom is -0.489 e. The van der Waals surface area contributed by atoms with Gasteiger partial charge in [0.1, 0.15) is 36.6 Å². The van der Waals surface area contributed by atoms with Crippen LogP contribution in [0.4, 0.5) is 9.18 Å². The van der Waals surface area contributed by atoms with E-state index in [2.05, 4.69) is 24.4 Å². The Labute approximate surface area is 312 Å². The van der Waals surface area contributed by atoms with Gasteiger partial charge in [-0.15, -0.1) is 13.2 Å². The summed E-state index contributed by atoms with van der Waals surface area (Å²) in [4.78, 5) is 21.0. The van der Waals surface area contributed by atoms with Crippen LogP contribution in [0.25, 0.3) is 0 Å². The van der Waals surface area contributed by atoms with Gasteiger partial charge in [-0.3, -0.25) is 0 Å². The maximum absolute atomic E-state index is 14.6. The lowest BCUT2D eigenvalue weighted by Gasteiger charge is -2.59. The van der Waals surface area contributed by atoms with Gasteiger partial charge in [0.2, 0.25) is 5.79 Å². The average molecular weight is 735 g/mol. The van der Waals surface area contributed by atoms with E-state index in [1.54, 1.807) is 42.3 Å². The molecule has 3 aliphatic rings. The highest BCUT2D eigenvalue weighted by atomic mass is 19.1. The summed E-state index contributed by atoms with van der Waals surface area (Å²) < 4.78 is 40.4. The van der Waals surface area contributed by atoms with E-state index in [0.717, 1.165) is 36.8 Å². The topological polar surface area (TPSA) is 119 Å². The Bertz CT molecular complexity index is 1610. The van der Waals surface area contributed by atoms with Crippen LogP contribution in [-0.2, 0) is 20.9 Å². The van der Waals surface area contributed by atoms with Crippen LogP contribution in [-0.4, -0.2) is 78.8 Å². The number of amides is 1. The van der Waals surface area contributed by atoms with Crippen molar-refractivity contribution in [2.75, 3.05) is 40.1 Å². The molecule has 2 aliphatic carbocycles. The molecule has 0 aromatic heterocycles. The normalized spacial score (nSPS) is 25.0. The first kappa shape index (κ1) is 40.0. The van der Waals surface area contributed by atoms with Crippen molar-refractivity contribution in [1.29, 1.82) is 0 Å². The molecule has 288 valence electrons. The molecule has 2 aromatic carbocycles. The van der Waals surface area contributed by atoms with Gasteiger partial charge in [0.25, 0.3) is 0 Å². The molecule has 0 spiro atoms. The maximum Gasteiger partial charge on any atom is 0.409 e. The molecule has 1 aliphatic heterocycles. The number of carbonyl (C=O) groups is 1. The fraction of sp³-hybridized carbons (Fsp3) is 0.524. The fourth-order valence-corrected chi connectivity index (χ4v) is 8.20. The smallest absolute Gasteiger partial charge is 0.409 e. The quantitative estimate of drug-likeness (QED) is 0.0808. The van der Waals surface area contributed by atoms with Gasteiger partial charge in [-0.05, 0) is 80.7 Å². The second-order valence-electron chi connectivity index (χ2n) is 13.9. The number of ether oxygens (including phenoxy) is 4. The van der Waals surface area contributed by atoms with Crippen molar-refractivity contribution in [2.45, 2.75) is 82.6 Å². The second kappa shape index (κ2) is 19.2. The predicted molar refractivity (Wildman–Crippen MR) is 201 cm³/mol. The molecule has 11 heteroatoms. The van der Waals surface area contributed by atoms with Crippen molar-refractivity contribution in [1.82, 2.24) is 4.90 Å². The van der Waals surface area contributed by atoms with E-state index in [4.69, 9.17) is 23.8 Å². The molecular formula is C42H55FN2O8. The summed E-state index contributed by atoms with van der Waals surface area (Å²) >= 11 is 0. The van der Waals surface area contributed by atoms with E-state index in [1.165, 1.54) is 6.07 Å². The van der Waals surface area contributed by atoms with Crippen molar-refractivity contribution in [3.63, 3.8) is 0 Å². The fourth-order valence-electron chi connectivity index (χ4n) is 8.20. The van der Waals surface area contributed by atoms with Gasteiger partial charge in [0, 0.05) is 43.7 Å². The van der Waals surface area contributed by atoms with Crippen LogP contribution in [0.3, 0.4) is 0 Å². The molecule has 2 aromatic rings. The number of allylic oxidation sites excluding steroid dienone is 1. The van der Waals surface area contributed by atoms with Crippen molar-refractivity contribution in [3.8, 4) is 11.5 Å². The molecule has 5 rings (SSSR count). The molecule has 0 unspecified atom stereocenters. The lowest BCUT2D eigenvalue weighted by molar-refractivity contribution is -0.253. The second-order valence-corrected chi connectivity index (χ2v) is 13.9. The summed E-state index contributed by atoms with van der Waals surface area (Å²) in [5, 5.41) is 24.2. The first-order valence-electron chi connectivity index (χ1n) is 18.9. The number of oxime groups is 1. The molecular weight excluding hydrogens is 679 g/mol. The number of nitrogens with zero attached hydrogens (tertiary/aromatic N) is 2. The highest BCUT2D eigenvalue weighted by Gasteiger charge is 2.65. The van der Waals surface area contributed by atoms with Crippen LogP contribution in [0, 0.1) is 23.6 Å². The molecule has 0 radical (unpaired) electrons. The Hall–Kier alpha value is -4.19. The lowest BCUT2D eigenvalue weighted by Crippen LogP contribution is -2.69. The molecule has 1 fully saturated rings. The number of halogens is 1. The first-order valence-corrected chi connectivity index (χ1v) is 18.9. The van der Waals surface area contributed by atoms with E-state index in [1.807, 2.05) is 25.1 Å². The highest BCUT2D eigenvalue weighted by Crippen LogP contribution is 2.61. The summed E-state index contributed by atoms with van der Waals surface area (Å²) in [6, 6.07) is 11.5. The number of likely N-dealkylation sites (N-methyl/N-ethyl adjacent to an activating group) is 1. The van der Waals surface area contributed by atoms with Gasteiger partial charge in [-0.2, -0.15) is 0 Å². The SMILES string of the molecule is C=CCCOC(=O)N(C)[C@H]1CC(=NOCC)C2=C[C@H](CCCCO)[C@@H](CCCCO)[C@@H]3c4cc(OCc5ccccc5F)ccc4O[C@@]1(OCC=C)[C@H]23. The monoisotopic (exact) mass is 734 g/mol. The molecule has 1 heterocycles. The van der Waals surface area contributed by atoms with Crippen LogP contribution < -0.4 is 9.47 Å². The number of aliphatic hydroxyl groups is 2. The Kier molecular flexibility index (Phi) is 14.5. The van der Waals surface area contributed by atoms with Crippen molar-refractivity contribution in [2.24, 2.45) is 22.9 Å². The predicted octanol–water partition coefficient (Wildman–Crippen LogP) is 7.70. The molecule has 2 N–H and O–H groups in total. The Morgan fingerprint density at radius 3 is 2.58 bits per heavy atom. The Balaban J connectivity index is 1.70. The zero-order valence-corrected chi connectivity index (χ0v) is 31.1. The molecule has 1 saturated carbocycles. The van der Waals surface area contributed by atoms with Gasteiger partial charge < -0.3 is 38.9 Å². The number of fused-ring (bicyclic) bond motifs is 2. The molecule has 6 atom stereocenters. The molecule has 1 amide bonds. The van der Waals surface area contributed by atoms with Crippen LogP contribution >= 0.6 is 0 Å². The third kappa shape index (κ3) is 8.96. The number of benzene rings is 2. The van der Waals surface area contributed by atoms with E-state index in [0.29, 0.717) is 48.6 Å². The first-order chi connectivity index (χ1) is 25.8. The lowest BCUT2D eigenvalue weighted by atomic mass is 9.55. The standard InChI is InChI=1S/C42H55FN2O8/c1-5-8-24-49-41(48)45(4)38-27-36(44-52-7-3)33-25-29(15-11-13-21-46)32(17-12-14-22-47)39-34-26-31(50-28-30-16-9-10-18-35(30)43)19-20-37(34)53-42(38,40(33)39)51-23-6-2/h5-6,9-10,16,18-20,25-26,29,32,38-40,46-47H,1-2,7-8,11-15,17,21-24,27-28H2,3-4H3/t29-,32+,38-,39+,40+,42+/m0/s1. The zero-order valence-electron chi connectivity index (χ0n) is 31.1. The number of aliphatic hydroxyl groups excluding tert-OH is 2. The van der Waals surface area contributed by atoms with Gasteiger partial charge >= 0.3 is 6.09 Å². The number of carbonyl (C=O) groups excluding carboxylic acids is 1. The summed E-state index contributed by atoms with van der Waals surface area (Å²) in [6.07, 6.45) is 10.5. The van der Waals surface area contributed by atoms with Crippen LogP contribution in [0.2, 0.25) is 0 Å². The summed E-state index contributed by atoms with van der Waals surface area (Å²) in [5.41, 5.74) is 3.00. The van der Waals surface area contributed by atoms with Crippen LogP contribution in [0.5, 0.6) is 11.5 Å². The van der Waals surface area contributed by atoms with Gasteiger partial charge in [0.15, 0.2) is 0 Å². The van der Waals surface area contributed by atoms with E-state index in [-0.39, 0.29) is 63.0 Å². The van der Waals surface area contributed by atoms with Crippen LogP contribution in [0.15, 0.2) is 84.6 Å². The average Bonchev–Trinajstić information content (AvgIpc) is 3.17. The van der Waals surface area contributed by atoms with Gasteiger partial charge in [-0.1, -0.05) is 54.4 Å². The molecule has 53 heavy (non-hydrogen) atoms. The van der Waals surface area contributed by atoms with Gasteiger partial charge in [0.05, 0.1) is 24.8 Å². The van der Waals surface area contributed by atoms with Gasteiger partial charge in [-0.25, -0.2) is 9.18 Å². The van der Waals surface area contributed by atoms with Crippen molar-refractivity contribution < 1.29 is 43.2 Å². The third-order valence-corrected chi connectivity index (χ3v) is 10.6. The van der Waals surface area contributed by atoms with Crippen molar-refractivity contribution in [3.05, 3.63) is 96.4 Å². The number of rotatable bonds is 20. The summed E-state index contributed by atoms with van der Waals surface area (Å²) in [7, 11) is 1.69. The van der Waals surface area contributed by atoms with E-state index >= 15 is 0 Å². The highest BCUT2D eigenvalue weighted by molar-refractivity contribution is 6.02. The number of hydrogen-bond acceptors (Lipinski definition) is 9. The largest absolute Gasteiger partial charge is 0.489 e. The van der Waals surface area contributed by atoms with Crippen molar-refractivity contribution >= 4 is 11.8 Å². The van der Waals surface area contributed by atoms with E-state index in [9.17, 15) is 19.4 Å². The zero-order chi connectivity index (χ0) is 37.8. The number of hydrogen-bond donors (Lipinski definition) is 2. The minimum absolute atomic E-state index is 0.0493. The van der Waals surface area contributed by atoms with E-state index < -0.39 is 23.8 Å². The Morgan fingerprint density at radius 1 is 1.09 bits per heavy atom. The Morgan fingerprint density at radius 2 is 1.87 bits per heavy atom. The summed E-state index contributed by atoms with van der Waals surface area (Å²) in [6.45, 7) is 10.5. The molecule has 0 saturated heterocycles. The minimum atomic E-state index is -1.38. The van der Waals surface area contributed by atoms with Crippen LogP contribution in [0.1, 0.15) is 75.3 Å². The molecule has 0 bridgehead atoms. The summed E-state index contributed by atoms with van der Waals surface area (Å²) in [5.74, 6) is -1.07. The third-order valence-electron chi connectivity index (χ3n) is 10.6. The number of unbranched alkanes of at least 4 members (excludes halogenated alkanes) is 2. The maximum atomic E-state index is 14.6.